The van der Waals surface area contributed by atoms with E-state index in [1.165, 1.54) is 6.07 Å². The third kappa shape index (κ3) is 3.52. The molecule has 3 nitrogen and oxygen atoms in total. The Hall–Kier alpha value is -2.07. The predicted molar refractivity (Wildman–Crippen MR) is 81.5 cm³/mol. The number of likely N-dealkylation sites (N-methyl/N-ethyl adjacent to an activating group) is 1. The summed E-state index contributed by atoms with van der Waals surface area (Å²) in [7, 11) is 5.09. The van der Waals surface area contributed by atoms with Crippen LogP contribution in [0.4, 0.5) is 4.39 Å². The Labute approximate surface area is 124 Å². The highest BCUT2D eigenvalue weighted by Crippen LogP contribution is 2.31. The van der Waals surface area contributed by atoms with Crippen LogP contribution in [-0.4, -0.2) is 21.3 Å². The lowest BCUT2D eigenvalue weighted by Crippen LogP contribution is -2.20. The maximum absolute atomic E-state index is 13.8. The molecule has 0 spiro atoms. The normalized spacial score (nSPS) is 12.0. The quantitative estimate of drug-likeness (QED) is 0.884. The van der Waals surface area contributed by atoms with Crippen molar-refractivity contribution in [2.45, 2.75) is 12.5 Å². The van der Waals surface area contributed by atoms with E-state index in [1.54, 1.807) is 26.4 Å². The summed E-state index contributed by atoms with van der Waals surface area (Å²) >= 11 is 0. The summed E-state index contributed by atoms with van der Waals surface area (Å²) in [6, 6.07) is 12.4. The third-order valence-corrected chi connectivity index (χ3v) is 3.55. The van der Waals surface area contributed by atoms with Crippen LogP contribution in [0, 0.1) is 5.82 Å². The lowest BCUT2D eigenvalue weighted by Gasteiger charge is -2.20. The zero-order valence-corrected chi connectivity index (χ0v) is 12.5. The molecule has 2 rings (SSSR count). The SMILES string of the molecule is CNC(Cc1ccccc1F)c1ccc(OC)cc1OC. The van der Waals surface area contributed by atoms with Crippen molar-refractivity contribution < 1.29 is 13.9 Å². The van der Waals surface area contributed by atoms with Crippen molar-refractivity contribution in [3.05, 3.63) is 59.4 Å². The molecule has 0 heterocycles. The van der Waals surface area contributed by atoms with Crippen molar-refractivity contribution in [3.8, 4) is 11.5 Å². The minimum Gasteiger partial charge on any atom is -0.497 e. The molecular formula is C17H20FNO2. The Morgan fingerprint density at radius 2 is 1.86 bits per heavy atom. The van der Waals surface area contributed by atoms with Gasteiger partial charge in [0.15, 0.2) is 0 Å². The number of methoxy groups -OCH3 is 2. The van der Waals surface area contributed by atoms with Gasteiger partial charge in [0, 0.05) is 17.7 Å². The minimum atomic E-state index is -0.190. The topological polar surface area (TPSA) is 30.5 Å². The average Bonchev–Trinajstić information content (AvgIpc) is 2.53. The molecule has 21 heavy (non-hydrogen) atoms. The summed E-state index contributed by atoms with van der Waals surface area (Å²) in [5.41, 5.74) is 1.65. The molecule has 2 aromatic rings. The van der Waals surface area contributed by atoms with Crippen molar-refractivity contribution >= 4 is 0 Å². The molecule has 0 aliphatic heterocycles. The van der Waals surface area contributed by atoms with E-state index in [2.05, 4.69) is 5.32 Å². The van der Waals surface area contributed by atoms with E-state index in [9.17, 15) is 4.39 Å². The number of rotatable bonds is 6. The molecule has 0 fully saturated rings. The molecule has 0 aliphatic carbocycles. The molecule has 0 saturated heterocycles. The molecule has 112 valence electrons. The van der Waals surface area contributed by atoms with Gasteiger partial charge in [0.25, 0.3) is 0 Å². The van der Waals surface area contributed by atoms with Crippen molar-refractivity contribution in [1.82, 2.24) is 5.32 Å². The van der Waals surface area contributed by atoms with E-state index in [-0.39, 0.29) is 11.9 Å². The standard InChI is InChI=1S/C17H20FNO2/c1-19-16(10-12-6-4-5-7-15(12)18)14-9-8-13(20-2)11-17(14)21-3/h4-9,11,16,19H,10H2,1-3H3. The maximum atomic E-state index is 13.8. The third-order valence-electron chi connectivity index (χ3n) is 3.55. The van der Waals surface area contributed by atoms with Gasteiger partial charge in [-0.2, -0.15) is 0 Å². The molecule has 1 unspecified atom stereocenters. The lowest BCUT2D eigenvalue weighted by molar-refractivity contribution is 0.385. The summed E-state index contributed by atoms with van der Waals surface area (Å²) < 4.78 is 24.5. The average molecular weight is 289 g/mol. The van der Waals surface area contributed by atoms with E-state index in [0.717, 1.165) is 17.1 Å². The predicted octanol–water partition coefficient (Wildman–Crippen LogP) is 3.35. The zero-order valence-electron chi connectivity index (χ0n) is 12.5. The molecule has 2 aromatic carbocycles. The van der Waals surface area contributed by atoms with E-state index in [1.807, 2.05) is 31.3 Å². The molecule has 0 saturated carbocycles. The van der Waals surface area contributed by atoms with Gasteiger partial charge < -0.3 is 14.8 Å². The first kappa shape index (κ1) is 15.3. The molecule has 0 radical (unpaired) electrons. The summed E-state index contributed by atoms with van der Waals surface area (Å²) in [6.07, 6.45) is 0.547. The van der Waals surface area contributed by atoms with Gasteiger partial charge >= 0.3 is 0 Å². The molecule has 4 heteroatoms. The van der Waals surface area contributed by atoms with Crippen molar-refractivity contribution in [1.29, 1.82) is 0 Å². The molecule has 1 atom stereocenters. The summed E-state index contributed by atoms with van der Waals surface area (Å²) in [4.78, 5) is 0. The number of hydrogen-bond acceptors (Lipinski definition) is 3. The second kappa shape index (κ2) is 7.09. The molecule has 1 N–H and O–H groups in total. The Morgan fingerprint density at radius 3 is 2.48 bits per heavy atom. The highest BCUT2D eigenvalue weighted by Gasteiger charge is 2.17. The van der Waals surface area contributed by atoms with Crippen LogP contribution in [0.3, 0.4) is 0 Å². The monoisotopic (exact) mass is 289 g/mol. The fourth-order valence-corrected chi connectivity index (χ4v) is 2.36. The first-order valence-electron chi connectivity index (χ1n) is 6.82. The fraction of sp³-hybridized carbons (Fsp3) is 0.294. The van der Waals surface area contributed by atoms with Gasteiger partial charge in [0.2, 0.25) is 0 Å². The second-order valence-electron chi connectivity index (χ2n) is 4.74. The van der Waals surface area contributed by atoms with Crippen molar-refractivity contribution in [2.75, 3.05) is 21.3 Å². The molecular weight excluding hydrogens is 269 g/mol. The van der Waals surface area contributed by atoms with Gasteiger partial charge in [-0.05, 0) is 31.2 Å². The van der Waals surface area contributed by atoms with Gasteiger partial charge in [0.05, 0.1) is 14.2 Å². The highest BCUT2D eigenvalue weighted by atomic mass is 19.1. The zero-order chi connectivity index (χ0) is 15.2. The van der Waals surface area contributed by atoms with Crippen molar-refractivity contribution in [3.63, 3.8) is 0 Å². The number of nitrogens with one attached hydrogen (secondary N) is 1. The number of halogens is 1. The molecule has 0 bridgehead atoms. The van der Waals surface area contributed by atoms with Crippen LogP contribution in [0.5, 0.6) is 11.5 Å². The smallest absolute Gasteiger partial charge is 0.127 e. The van der Waals surface area contributed by atoms with Gasteiger partial charge in [-0.15, -0.1) is 0 Å². The van der Waals surface area contributed by atoms with E-state index < -0.39 is 0 Å². The molecule has 0 aromatic heterocycles. The van der Waals surface area contributed by atoms with Gasteiger partial charge in [0.1, 0.15) is 17.3 Å². The first-order chi connectivity index (χ1) is 10.2. The van der Waals surface area contributed by atoms with Gasteiger partial charge in [-0.1, -0.05) is 24.3 Å². The summed E-state index contributed by atoms with van der Waals surface area (Å²) in [5.74, 6) is 1.27. The molecule has 0 aliphatic rings. The van der Waals surface area contributed by atoms with Gasteiger partial charge in [-0.3, -0.25) is 0 Å². The number of ether oxygens (including phenoxy) is 2. The second-order valence-corrected chi connectivity index (χ2v) is 4.74. The Morgan fingerprint density at radius 1 is 1.10 bits per heavy atom. The van der Waals surface area contributed by atoms with E-state index >= 15 is 0 Å². The Bertz CT molecular complexity index is 601. The Balaban J connectivity index is 2.31. The van der Waals surface area contributed by atoms with Crippen LogP contribution < -0.4 is 14.8 Å². The van der Waals surface area contributed by atoms with Gasteiger partial charge in [-0.25, -0.2) is 4.39 Å². The maximum Gasteiger partial charge on any atom is 0.127 e. The lowest BCUT2D eigenvalue weighted by atomic mass is 9.97. The Kier molecular flexibility index (Phi) is 5.17. The number of benzene rings is 2. The van der Waals surface area contributed by atoms with Crippen LogP contribution in [0.2, 0.25) is 0 Å². The highest BCUT2D eigenvalue weighted by molar-refractivity contribution is 5.43. The summed E-state index contributed by atoms with van der Waals surface area (Å²) in [5, 5.41) is 3.22. The number of hydrogen-bond donors (Lipinski definition) is 1. The summed E-state index contributed by atoms with van der Waals surface area (Å²) in [6.45, 7) is 0. The van der Waals surface area contributed by atoms with Crippen molar-refractivity contribution in [2.24, 2.45) is 0 Å². The fourth-order valence-electron chi connectivity index (χ4n) is 2.36. The first-order valence-corrected chi connectivity index (χ1v) is 6.82. The van der Waals surface area contributed by atoms with E-state index in [0.29, 0.717) is 12.0 Å². The molecule has 0 amide bonds. The van der Waals surface area contributed by atoms with Crippen LogP contribution in [-0.2, 0) is 6.42 Å². The largest absolute Gasteiger partial charge is 0.497 e. The minimum absolute atomic E-state index is 0.0391. The van der Waals surface area contributed by atoms with E-state index in [4.69, 9.17) is 9.47 Å². The van der Waals surface area contributed by atoms with Crippen LogP contribution >= 0.6 is 0 Å². The van der Waals surface area contributed by atoms with Crippen LogP contribution in [0.1, 0.15) is 17.2 Å². The van der Waals surface area contributed by atoms with Crippen LogP contribution in [0.25, 0.3) is 0 Å². The van der Waals surface area contributed by atoms with Crippen LogP contribution in [0.15, 0.2) is 42.5 Å².